The van der Waals surface area contributed by atoms with Crippen LogP contribution in [0.5, 0.6) is 0 Å². The third-order valence-corrected chi connectivity index (χ3v) is 5.57. The molecule has 0 bridgehead atoms. The molecule has 2 aliphatic heterocycles. The first-order chi connectivity index (χ1) is 12.1. The number of fused-ring (bicyclic) bond motifs is 1. The van der Waals surface area contributed by atoms with E-state index in [2.05, 4.69) is 45.2 Å². The first-order valence-corrected chi connectivity index (χ1v) is 9.87. The van der Waals surface area contributed by atoms with Crippen LogP contribution in [0.1, 0.15) is 31.6 Å². The molecule has 4 rings (SSSR count). The SMILES string of the molecule is CC.CN1CCC2(CC1)Nc1cn(C)nc1NC2=NCc1cccs1. The van der Waals surface area contributed by atoms with E-state index in [1.807, 2.05) is 31.8 Å². The maximum absolute atomic E-state index is 4.92. The molecule has 6 nitrogen and oxygen atoms in total. The first kappa shape index (κ1) is 17.9. The molecule has 2 aromatic heterocycles. The van der Waals surface area contributed by atoms with Crippen LogP contribution >= 0.6 is 11.3 Å². The van der Waals surface area contributed by atoms with Crippen molar-refractivity contribution < 1.29 is 0 Å². The lowest BCUT2D eigenvalue weighted by atomic mass is 9.84. The number of rotatable bonds is 2. The summed E-state index contributed by atoms with van der Waals surface area (Å²) in [5.41, 5.74) is 0.979. The van der Waals surface area contributed by atoms with Gasteiger partial charge in [0.05, 0.1) is 24.0 Å². The maximum Gasteiger partial charge on any atom is 0.176 e. The van der Waals surface area contributed by atoms with E-state index in [1.165, 1.54) is 4.88 Å². The number of hydrogen-bond donors (Lipinski definition) is 2. The second kappa shape index (κ2) is 7.58. The number of likely N-dealkylation sites (tertiary alicyclic amines) is 1. The van der Waals surface area contributed by atoms with Gasteiger partial charge in [-0.15, -0.1) is 11.3 Å². The van der Waals surface area contributed by atoms with Crippen LogP contribution in [0.25, 0.3) is 0 Å². The fourth-order valence-electron chi connectivity index (χ4n) is 3.33. The zero-order chi connectivity index (χ0) is 17.9. The van der Waals surface area contributed by atoms with Gasteiger partial charge >= 0.3 is 0 Å². The minimum atomic E-state index is -0.0974. The van der Waals surface area contributed by atoms with Gasteiger partial charge in [-0.3, -0.25) is 9.67 Å². The fraction of sp³-hybridized carbons (Fsp3) is 0.556. The monoisotopic (exact) mass is 360 g/mol. The lowest BCUT2D eigenvalue weighted by Gasteiger charge is -2.44. The van der Waals surface area contributed by atoms with E-state index < -0.39 is 0 Å². The summed E-state index contributed by atoms with van der Waals surface area (Å²) in [7, 11) is 4.13. The Kier molecular flexibility index (Phi) is 5.44. The molecule has 0 aliphatic carbocycles. The number of hydrogen-bond acceptors (Lipinski definition) is 5. The highest BCUT2D eigenvalue weighted by Crippen LogP contribution is 2.36. The number of aromatic nitrogens is 2. The van der Waals surface area contributed by atoms with E-state index in [0.29, 0.717) is 0 Å². The second-order valence-corrected chi connectivity index (χ2v) is 7.48. The summed E-state index contributed by atoms with van der Waals surface area (Å²) in [6.45, 7) is 6.87. The summed E-state index contributed by atoms with van der Waals surface area (Å²) in [6.07, 6.45) is 4.14. The van der Waals surface area contributed by atoms with Gasteiger partial charge in [0.2, 0.25) is 0 Å². The van der Waals surface area contributed by atoms with Crippen LogP contribution in [0.4, 0.5) is 11.5 Å². The van der Waals surface area contributed by atoms with Crippen LogP contribution < -0.4 is 10.6 Å². The quantitative estimate of drug-likeness (QED) is 0.862. The molecule has 7 heteroatoms. The smallest absolute Gasteiger partial charge is 0.176 e. The van der Waals surface area contributed by atoms with Gasteiger partial charge in [0.25, 0.3) is 0 Å². The maximum atomic E-state index is 4.92. The van der Waals surface area contributed by atoms with Gasteiger partial charge in [0, 0.05) is 25.0 Å². The highest BCUT2D eigenvalue weighted by atomic mass is 32.1. The van der Waals surface area contributed by atoms with Crippen molar-refractivity contribution in [3.63, 3.8) is 0 Å². The third-order valence-electron chi connectivity index (χ3n) is 4.71. The number of piperidine rings is 1. The predicted octanol–water partition coefficient (Wildman–Crippen LogP) is 3.41. The number of aryl methyl sites for hydroxylation is 1. The van der Waals surface area contributed by atoms with Crippen LogP contribution in [0.2, 0.25) is 0 Å². The van der Waals surface area contributed by atoms with Gasteiger partial charge in [-0.25, -0.2) is 0 Å². The molecule has 136 valence electrons. The van der Waals surface area contributed by atoms with Crippen LogP contribution in [0.15, 0.2) is 28.7 Å². The van der Waals surface area contributed by atoms with E-state index in [0.717, 1.165) is 49.8 Å². The topological polar surface area (TPSA) is 57.5 Å². The Balaban J connectivity index is 0.000000880. The average Bonchev–Trinajstić information content (AvgIpc) is 3.25. The van der Waals surface area contributed by atoms with Crippen molar-refractivity contribution in [3.8, 4) is 0 Å². The Morgan fingerprint density at radius 2 is 2.04 bits per heavy atom. The molecule has 1 fully saturated rings. The van der Waals surface area contributed by atoms with Crippen molar-refractivity contribution in [1.82, 2.24) is 14.7 Å². The predicted molar refractivity (Wildman–Crippen MR) is 107 cm³/mol. The average molecular weight is 361 g/mol. The molecule has 0 saturated carbocycles. The minimum absolute atomic E-state index is 0.0974. The molecule has 2 N–H and O–H groups in total. The summed E-state index contributed by atoms with van der Waals surface area (Å²) < 4.78 is 1.84. The van der Waals surface area contributed by atoms with Crippen LogP contribution in [0, 0.1) is 0 Å². The Labute approximate surface area is 153 Å². The molecule has 0 atom stereocenters. The van der Waals surface area contributed by atoms with Gasteiger partial charge < -0.3 is 15.5 Å². The normalized spacial score (nSPS) is 20.4. The Morgan fingerprint density at radius 1 is 1.28 bits per heavy atom. The lowest BCUT2D eigenvalue weighted by Crippen LogP contribution is -2.58. The molecule has 1 saturated heterocycles. The number of thiophene rings is 1. The molecule has 0 aromatic carbocycles. The number of nitrogens with zero attached hydrogens (tertiary/aromatic N) is 4. The number of nitrogens with one attached hydrogen (secondary N) is 2. The Morgan fingerprint density at radius 3 is 2.72 bits per heavy atom. The third kappa shape index (κ3) is 3.72. The molecule has 1 spiro atoms. The lowest BCUT2D eigenvalue weighted by molar-refractivity contribution is 0.240. The highest BCUT2D eigenvalue weighted by molar-refractivity contribution is 7.09. The summed E-state index contributed by atoms with van der Waals surface area (Å²) in [4.78, 5) is 8.59. The number of amidine groups is 1. The van der Waals surface area contributed by atoms with Crippen LogP contribution in [0.3, 0.4) is 0 Å². The van der Waals surface area contributed by atoms with Crippen molar-refractivity contribution in [2.45, 2.75) is 38.8 Å². The fourth-order valence-corrected chi connectivity index (χ4v) is 3.96. The van der Waals surface area contributed by atoms with Crippen molar-refractivity contribution in [2.75, 3.05) is 30.8 Å². The highest BCUT2D eigenvalue weighted by Gasteiger charge is 2.42. The van der Waals surface area contributed by atoms with Crippen LogP contribution in [-0.2, 0) is 13.6 Å². The van der Waals surface area contributed by atoms with E-state index in [-0.39, 0.29) is 5.54 Å². The van der Waals surface area contributed by atoms with Crippen molar-refractivity contribution in [1.29, 1.82) is 0 Å². The Bertz CT molecular complexity index is 710. The van der Waals surface area contributed by atoms with E-state index >= 15 is 0 Å². The molecule has 0 unspecified atom stereocenters. The number of aliphatic imine (C=N–C) groups is 1. The zero-order valence-electron chi connectivity index (χ0n) is 15.5. The molecular formula is C18H28N6S. The van der Waals surface area contributed by atoms with Gasteiger partial charge in [-0.05, 0) is 31.3 Å². The van der Waals surface area contributed by atoms with Crippen molar-refractivity contribution >= 4 is 28.7 Å². The summed E-state index contributed by atoms with van der Waals surface area (Å²) in [6, 6.07) is 4.22. The molecule has 4 heterocycles. The van der Waals surface area contributed by atoms with Gasteiger partial charge in [-0.2, -0.15) is 5.10 Å². The zero-order valence-corrected chi connectivity index (χ0v) is 16.4. The molecule has 25 heavy (non-hydrogen) atoms. The van der Waals surface area contributed by atoms with Gasteiger partial charge in [0.1, 0.15) is 5.84 Å². The molecule has 0 radical (unpaired) electrons. The standard InChI is InChI=1S/C16H22N6S.C2H6/c1-21-7-5-16(6-8-21)15(17-10-12-4-3-9-23-12)18-14-13(19-16)11-22(2)20-14;1-2/h3-4,9,11,19H,5-8,10H2,1-2H3,(H,17,18,20);1-2H3. The van der Waals surface area contributed by atoms with Crippen molar-refractivity contribution in [2.24, 2.45) is 12.0 Å². The van der Waals surface area contributed by atoms with Gasteiger partial charge in [-0.1, -0.05) is 19.9 Å². The van der Waals surface area contributed by atoms with Crippen LogP contribution in [-0.4, -0.2) is 46.2 Å². The summed E-state index contributed by atoms with van der Waals surface area (Å²) >= 11 is 1.75. The number of anilines is 2. The Hall–Kier alpha value is -1.86. The van der Waals surface area contributed by atoms with E-state index in [4.69, 9.17) is 4.99 Å². The molecule has 2 aliphatic rings. The second-order valence-electron chi connectivity index (χ2n) is 6.44. The van der Waals surface area contributed by atoms with E-state index in [9.17, 15) is 0 Å². The molecule has 2 aromatic rings. The summed E-state index contributed by atoms with van der Waals surface area (Å²) in [5, 5.41) is 13.8. The largest absolute Gasteiger partial charge is 0.368 e. The van der Waals surface area contributed by atoms with Crippen molar-refractivity contribution in [3.05, 3.63) is 28.6 Å². The summed E-state index contributed by atoms with van der Waals surface area (Å²) in [5.74, 6) is 1.91. The molecular weight excluding hydrogens is 332 g/mol. The minimum Gasteiger partial charge on any atom is -0.368 e. The van der Waals surface area contributed by atoms with Gasteiger partial charge in [0.15, 0.2) is 5.82 Å². The van der Waals surface area contributed by atoms with E-state index in [1.54, 1.807) is 11.3 Å². The first-order valence-electron chi connectivity index (χ1n) is 8.99. The molecule has 0 amide bonds.